The first-order valence-electron chi connectivity index (χ1n) is 6.33. The van der Waals surface area contributed by atoms with Crippen molar-refractivity contribution < 1.29 is 14.4 Å². The summed E-state index contributed by atoms with van der Waals surface area (Å²) in [7, 11) is 0. The van der Waals surface area contributed by atoms with Gasteiger partial charge in [0.25, 0.3) is 0 Å². The van der Waals surface area contributed by atoms with Crippen LogP contribution in [0, 0.1) is 0 Å². The second kappa shape index (κ2) is 6.01. The Labute approximate surface area is 113 Å². The van der Waals surface area contributed by atoms with Crippen molar-refractivity contribution in [2.75, 3.05) is 19.6 Å². The predicted octanol–water partition coefficient (Wildman–Crippen LogP) is -0.569. The minimum absolute atomic E-state index is 0.106. The van der Waals surface area contributed by atoms with E-state index in [1.807, 2.05) is 20.8 Å². The topological polar surface area (TPSA) is 90.5 Å². The van der Waals surface area contributed by atoms with Gasteiger partial charge in [0.05, 0.1) is 12.6 Å². The van der Waals surface area contributed by atoms with E-state index in [0.29, 0.717) is 13.1 Å². The third-order valence-electron chi connectivity index (χ3n) is 2.72. The smallest absolute Gasteiger partial charge is 0.321 e. The Balaban J connectivity index is 2.48. The molecular weight excluding hydrogens is 248 g/mol. The molecule has 19 heavy (non-hydrogen) atoms. The maximum Gasteiger partial charge on any atom is 0.321 e. The van der Waals surface area contributed by atoms with Crippen molar-refractivity contribution in [1.82, 2.24) is 20.9 Å². The standard InChI is InChI=1S/C12H22N4O3/c1-8(16-6-5-13-9(17)7-16)10(18)14-11(19)15-12(2,3)4/h8H,5-7H2,1-4H3,(H,13,17)(H2,14,15,18,19)/t8-/m1/s1. The van der Waals surface area contributed by atoms with E-state index in [9.17, 15) is 14.4 Å². The number of nitrogens with zero attached hydrogens (tertiary/aromatic N) is 1. The number of imide groups is 1. The van der Waals surface area contributed by atoms with Crippen molar-refractivity contribution in [2.45, 2.75) is 39.3 Å². The van der Waals surface area contributed by atoms with Crippen LogP contribution in [-0.2, 0) is 9.59 Å². The number of hydrogen-bond donors (Lipinski definition) is 3. The van der Waals surface area contributed by atoms with Gasteiger partial charge in [-0.3, -0.25) is 19.8 Å². The van der Waals surface area contributed by atoms with Gasteiger partial charge in [-0.25, -0.2) is 4.79 Å². The second-order valence-electron chi connectivity index (χ2n) is 5.69. The lowest BCUT2D eigenvalue weighted by molar-refractivity contribution is -0.129. The number of amides is 4. The van der Waals surface area contributed by atoms with Gasteiger partial charge in [0.2, 0.25) is 11.8 Å². The van der Waals surface area contributed by atoms with Gasteiger partial charge in [0.1, 0.15) is 0 Å². The average molecular weight is 270 g/mol. The Morgan fingerprint density at radius 2 is 2.00 bits per heavy atom. The number of piperazine rings is 1. The van der Waals surface area contributed by atoms with Gasteiger partial charge in [-0.05, 0) is 27.7 Å². The molecule has 0 bridgehead atoms. The van der Waals surface area contributed by atoms with Crippen LogP contribution in [0.5, 0.6) is 0 Å². The van der Waals surface area contributed by atoms with Crippen molar-refractivity contribution in [3.8, 4) is 0 Å². The molecule has 7 nitrogen and oxygen atoms in total. The van der Waals surface area contributed by atoms with Crippen LogP contribution in [0.25, 0.3) is 0 Å². The van der Waals surface area contributed by atoms with E-state index in [2.05, 4.69) is 16.0 Å². The first kappa shape index (κ1) is 15.4. The number of carbonyl (C=O) groups excluding carboxylic acids is 3. The molecule has 4 amide bonds. The molecule has 0 aliphatic carbocycles. The third kappa shape index (κ3) is 5.25. The molecule has 108 valence electrons. The SMILES string of the molecule is C[C@H](C(=O)NC(=O)NC(C)(C)C)N1CCNC(=O)C1. The summed E-state index contributed by atoms with van der Waals surface area (Å²) in [4.78, 5) is 36.5. The maximum atomic E-state index is 11.9. The van der Waals surface area contributed by atoms with Crippen LogP contribution in [0.3, 0.4) is 0 Å². The summed E-state index contributed by atoms with van der Waals surface area (Å²) in [6.45, 7) is 8.46. The minimum atomic E-state index is -0.522. The number of urea groups is 1. The average Bonchev–Trinajstić information content (AvgIpc) is 2.25. The third-order valence-corrected chi connectivity index (χ3v) is 2.72. The van der Waals surface area contributed by atoms with Crippen molar-refractivity contribution in [3.63, 3.8) is 0 Å². The molecule has 0 aromatic carbocycles. The molecule has 1 saturated heterocycles. The summed E-state index contributed by atoms with van der Waals surface area (Å²) < 4.78 is 0. The maximum absolute atomic E-state index is 11.9. The van der Waals surface area contributed by atoms with E-state index in [0.717, 1.165) is 0 Å². The van der Waals surface area contributed by atoms with E-state index >= 15 is 0 Å². The molecule has 1 aliphatic rings. The Bertz CT molecular complexity index is 376. The fourth-order valence-corrected chi connectivity index (χ4v) is 1.74. The van der Waals surface area contributed by atoms with Gasteiger partial charge < -0.3 is 10.6 Å². The molecule has 3 N–H and O–H groups in total. The number of carbonyl (C=O) groups is 3. The van der Waals surface area contributed by atoms with Crippen LogP contribution in [0.4, 0.5) is 4.79 Å². The summed E-state index contributed by atoms with van der Waals surface area (Å²) in [5.74, 6) is -0.513. The van der Waals surface area contributed by atoms with Gasteiger partial charge in [-0.2, -0.15) is 0 Å². The number of nitrogens with one attached hydrogen (secondary N) is 3. The molecule has 1 aliphatic heterocycles. The van der Waals surface area contributed by atoms with Crippen molar-refractivity contribution in [1.29, 1.82) is 0 Å². The second-order valence-corrected chi connectivity index (χ2v) is 5.69. The molecule has 0 aromatic rings. The van der Waals surface area contributed by atoms with Crippen LogP contribution >= 0.6 is 0 Å². The van der Waals surface area contributed by atoms with E-state index in [1.54, 1.807) is 11.8 Å². The Hall–Kier alpha value is -1.63. The fraction of sp³-hybridized carbons (Fsp3) is 0.750. The monoisotopic (exact) mass is 270 g/mol. The van der Waals surface area contributed by atoms with E-state index in [1.165, 1.54) is 0 Å². The first-order chi connectivity index (χ1) is 8.69. The highest BCUT2D eigenvalue weighted by Crippen LogP contribution is 2.02. The number of rotatable bonds is 2. The summed E-state index contributed by atoms with van der Waals surface area (Å²) in [6.07, 6.45) is 0. The van der Waals surface area contributed by atoms with E-state index in [-0.39, 0.29) is 12.5 Å². The quantitative estimate of drug-likeness (QED) is 0.627. The molecule has 1 rings (SSSR count). The summed E-state index contributed by atoms with van der Waals surface area (Å²) >= 11 is 0. The van der Waals surface area contributed by atoms with Gasteiger partial charge >= 0.3 is 6.03 Å². The largest absolute Gasteiger partial charge is 0.354 e. The highest BCUT2D eigenvalue weighted by Gasteiger charge is 2.27. The molecule has 0 spiro atoms. The molecule has 1 fully saturated rings. The summed E-state index contributed by atoms with van der Waals surface area (Å²) in [6, 6.07) is -1.04. The lowest BCUT2D eigenvalue weighted by Crippen LogP contribution is -2.57. The lowest BCUT2D eigenvalue weighted by Gasteiger charge is -2.31. The zero-order chi connectivity index (χ0) is 14.6. The Kier molecular flexibility index (Phi) is 4.88. The Morgan fingerprint density at radius 1 is 1.37 bits per heavy atom. The summed E-state index contributed by atoms with van der Waals surface area (Å²) in [5, 5.41) is 7.62. The molecule has 0 saturated carbocycles. The molecule has 1 atom stereocenters. The minimum Gasteiger partial charge on any atom is -0.354 e. The van der Waals surface area contributed by atoms with Crippen molar-refractivity contribution in [2.24, 2.45) is 0 Å². The Morgan fingerprint density at radius 3 is 2.53 bits per heavy atom. The van der Waals surface area contributed by atoms with E-state index < -0.39 is 23.5 Å². The van der Waals surface area contributed by atoms with Crippen LogP contribution in [0.15, 0.2) is 0 Å². The van der Waals surface area contributed by atoms with Crippen molar-refractivity contribution in [3.05, 3.63) is 0 Å². The van der Waals surface area contributed by atoms with Gasteiger partial charge in [0.15, 0.2) is 0 Å². The number of hydrogen-bond acceptors (Lipinski definition) is 4. The fourth-order valence-electron chi connectivity index (χ4n) is 1.74. The first-order valence-corrected chi connectivity index (χ1v) is 6.33. The molecular formula is C12H22N4O3. The van der Waals surface area contributed by atoms with Gasteiger partial charge in [-0.15, -0.1) is 0 Å². The van der Waals surface area contributed by atoms with Gasteiger partial charge in [-0.1, -0.05) is 0 Å². The van der Waals surface area contributed by atoms with E-state index in [4.69, 9.17) is 0 Å². The lowest BCUT2D eigenvalue weighted by atomic mass is 10.1. The summed E-state index contributed by atoms with van der Waals surface area (Å²) in [5.41, 5.74) is -0.404. The zero-order valence-electron chi connectivity index (χ0n) is 11.9. The van der Waals surface area contributed by atoms with Crippen LogP contribution < -0.4 is 16.0 Å². The molecule has 7 heteroatoms. The normalized spacial score (nSPS) is 18.4. The molecule has 1 heterocycles. The highest BCUT2D eigenvalue weighted by atomic mass is 16.2. The van der Waals surface area contributed by atoms with Gasteiger partial charge in [0, 0.05) is 18.6 Å². The molecule has 0 aromatic heterocycles. The zero-order valence-corrected chi connectivity index (χ0v) is 11.9. The molecule has 0 unspecified atom stereocenters. The van der Waals surface area contributed by atoms with Crippen LogP contribution in [0.1, 0.15) is 27.7 Å². The predicted molar refractivity (Wildman–Crippen MR) is 70.5 cm³/mol. The van der Waals surface area contributed by atoms with Crippen LogP contribution in [0.2, 0.25) is 0 Å². The highest BCUT2D eigenvalue weighted by molar-refractivity contribution is 5.97. The van der Waals surface area contributed by atoms with Crippen molar-refractivity contribution >= 4 is 17.8 Å². The van der Waals surface area contributed by atoms with Crippen LogP contribution in [-0.4, -0.2) is 54.0 Å². The molecule has 0 radical (unpaired) electrons.